The van der Waals surface area contributed by atoms with Gasteiger partial charge in [0.05, 0.1) is 0 Å². The van der Waals surface area contributed by atoms with E-state index in [4.69, 9.17) is 12.2 Å². The van der Waals surface area contributed by atoms with Crippen LogP contribution in [0.15, 0.2) is 24.3 Å². The van der Waals surface area contributed by atoms with Gasteiger partial charge in [-0.05, 0) is 41.7 Å². The summed E-state index contributed by atoms with van der Waals surface area (Å²) < 4.78 is 0. The number of nitrogens with one attached hydrogen (secondary N) is 2. The summed E-state index contributed by atoms with van der Waals surface area (Å²) in [7, 11) is 0. The SMILES string of the molecule is CC(C)CNC(=S)Nc1ccc(C(C)C)cc1. The van der Waals surface area contributed by atoms with Gasteiger partial charge in [0.25, 0.3) is 0 Å². The quantitative estimate of drug-likeness (QED) is 0.796. The standard InChI is InChI=1S/C14H22N2S/c1-10(2)9-15-14(17)16-13-7-5-12(6-8-13)11(3)4/h5-8,10-11H,9H2,1-4H3,(H2,15,16,17). The van der Waals surface area contributed by atoms with Crippen molar-refractivity contribution in [1.82, 2.24) is 5.32 Å². The summed E-state index contributed by atoms with van der Waals surface area (Å²) in [4.78, 5) is 0. The third-order valence-electron chi connectivity index (χ3n) is 2.51. The molecule has 94 valence electrons. The minimum Gasteiger partial charge on any atom is -0.362 e. The van der Waals surface area contributed by atoms with Gasteiger partial charge in [0, 0.05) is 12.2 Å². The Morgan fingerprint density at radius 2 is 1.71 bits per heavy atom. The molecule has 0 amide bonds. The highest BCUT2D eigenvalue weighted by atomic mass is 32.1. The molecule has 0 radical (unpaired) electrons. The van der Waals surface area contributed by atoms with Crippen LogP contribution >= 0.6 is 12.2 Å². The lowest BCUT2D eigenvalue weighted by Gasteiger charge is -2.13. The lowest BCUT2D eigenvalue weighted by molar-refractivity contribution is 0.627. The Kier molecular flexibility index (Phi) is 5.42. The fraction of sp³-hybridized carbons (Fsp3) is 0.500. The molecule has 0 aromatic heterocycles. The first-order valence-corrected chi connectivity index (χ1v) is 6.54. The molecule has 17 heavy (non-hydrogen) atoms. The van der Waals surface area contributed by atoms with Gasteiger partial charge in [-0.2, -0.15) is 0 Å². The van der Waals surface area contributed by atoms with E-state index in [1.54, 1.807) is 0 Å². The molecule has 2 N–H and O–H groups in total. The maximum absolute atomic E-state index is 5.22. The third kappa shape index (κ3) is 5.18. The van der Waals surface area contributed by atoms with Crippen molar-refractivity contribution in [1.29, 1.82) is 0 Å². The normalized spacial score (nSPS) is 10.7. The smallest absolute Gasteiger partial charge is 0.170 e. The second-order valence-electron chi connectivity index (χ2n) is 5.01. The van der Waals surface area contributed by atoms with Crippen LogP contribution in [0.4, 0.5) is 5.69 Å². The maximum Gasteiger partial charge on any atom is 0.170 e. The fourth-order valence-electron chi connectivity index (χ4n) is 1.42. The van der Waals surface area contributed by atoms with Gasteiger partial charge in [-0.15, -0.1) is 0 Å². The molecule has 3 heteroatoms. The number of hydrogen-bond acceptors (Lipinski definition) is 1. The van der Waals surface area contributed by atoms with Crippen molar-refractivity contribution in [2.75, 3.05) is 11.9 Å². The van der Waals surface area contributed by atoms with Crippen molar-refractivity contribution < 1.29 is 0 Å². The van der Waals surface area contributed by atoms with Gasteiger partial charge >= 0.3 is 0 Å². The summed E-state index contributed by atoms with van der Waals surface area (Å²) in [5.74, 6) is 1.16. The summed E-state index contributed by atoms with van der Waals surface area (Å²) in [5.41, 5.74) is 2.38. The summed E-state index contributed by atoms with van der Waals surface area (Å²) in [6.07, 6.45) is 0. The topological polar surface area (TPSA) is 24.1 Å². The van der Waals surface area contributed by atoms with E-state index in [9.17, 15) is 0 Å². The van der Waals surface area contributed by atoms with Crippen LogP contribution in [0.25, 0.3) is 0 Å². The second-order valence-corrected chi connectivity index (χ2v) is 5.41. The monoisotopic (exact) mass is 250 g/mol. The lowest BCUT2D eigenvalue weighted by atomic mass is 10.0. The van der Waals surface area contributed by atoms with E-state index in [1.165, 1.54) is 5.56 Å². The molecule has 0 atom stereocenters. The summed E-state index contributed by atoms with van der Waals surface area (Å²) >= 11 is 5.22. The minimum absolute atomic E-state index is 0.565. The highest BCUT2D eigenvalue weighted by Crippen LogP contribution is 2.16. The Hall–Kier alpha value is -1.09. The summed E-state index contributed by atoms with van der Waals surface area (Å²) in [5, 5.41) is 7.06. The molecule has 1 rings (SSSR count). The van der Waals surface area contributed by atoms with E-state index in [0.717, 1.165) is 12.2 Å². The maximum atomic E-state index is 5.22. The molecule has 0 heterocycles. The number of thiocarbonyl (C=S) groups is 1. The van der Waals surface area contributed by atoms with E-state index in [0.29, 0.717) is 16.9 Å². The van der Waals surface area contributed by atoms with E-state index in [1.807, 2.05) is 0 Å². The Morgan fingerprint density at radius 1 is 1.12 bits per heavy atom. The molecular formula is C14H22N2S. The molecule has 0 aliphatic rings. The number of benzene rings is 1. The zero-order valence-corrected chi connectivity index (χ0v) is 11.9. The molecule has 0 bridgehead atoms. The molecule has 1 aromatic carbocycles. The van der Waals surface area contributed by atoms with E-state index < -0.39 is 0 Å². The van der Waals surface area contributed by atoms with Crippen molar-refractivity contribution in [2.24, 2.45) is 5.92 Å². The molecule has 0 saturated carbocycles. The first kappa shape index (κ1) is 14.0. The van der Waals surface area contributed by atoms with Gasteiger partial charge in [-0.1, -0.05) is 39.8 Å². The Balaban J connectivity index is 2.48. The first-order chi connectivity index (χ1) is 7.99. The number of hydrogen-bond donors (Lipinski definition) is 2. The number of anilines is 1. The van der Waals surface area contributed by atoms with Crippen molar-refractivity contribution in [3.8, 4) is 0 Å². The largest absolute Gasteiger partial charge is 0.362 e. The molecule has 2 nitrogen and oxygen atoms in total. The van der Waals surface area contributed by atoms with Crippen LogP contribution in [0.5, 0.6) is 0 Å². The van der Waals surface area contributed by atoms with Crippen LogP contribution in [-0.2, 0) is 0 Å². The van der Waals surface area contributed by atoms with Gasteiger partial charge < -0.3 is 10.6 Å². The van der Waals surface area contributed by atoms with Crippen LogP contribution in [0.2, 0.25) is 0 Å². The van der Waals surface area contributed by atoms with Gasteiger partial charge in [-0.25, -0.2) is 0 Å². The molecule has 0 fully saturated rings. The predicted octanol–water partition coefficient (Wildman–Crippen LogP) is 3.75. The van der Waals surface area contributed by atoms with E-state index >= 15 is 0 Å². The minimum atomic E-state index is 0.565. The Morgan fingerprint density at radius 3 is 2.18 bits per heavy atom. The zero-order chi connectivity index (χ0) is 12.8. The molecule has 0 unspecified atom stereocenters. The first-order valence-electron chi connectivity index (χ1n) is 6.14. The predicted molar refractivity (Wildman–Crippen MR) is 79.6 cm³/mol. The van der Waals surface area contributed by atoms with Crippen LogP contribution in [-0.4, -0.2) is 11.7 Å². The molecule has 0 aliphatic carbocycles. The fourth-order valence-corrected chi connectivity index (χ4v) is 1.62. The summed E-state index contributed by atoms with van der Waals surface area (Å²) in [6.45, 7) is 9.60. The van der Waals surface area contributed by atoms with Crippen LogP contribution in [0.3, 0.4) is 0 Å². The molecule has 0 saturated heterocycles. The molecule has 1 aromatic rings. The van der Waals surface area contributed by atoms with Crippen molar-refractivity contribution >= 4 is 23.0 Å². The van der Waals surface area contributed by atoms with E-state index in [-0.39, 0.29) is 0 Å². The third-order valence-corrected chi connectivity index (χ3v) is 2.75. The molecular weight excluding hydrogens is 228 g/mol. The van der Waals surface area contributed by atoms with Gasteiger partial charge in [-0.3, -0.25) is 0 Å². The van der Waals surface area contributed by atoms with Crippen molar-refractivity contribution in [3.05, 3.63) is 29.8 Å². The summed E-state index contributed by atoms with van der Waals surface area (Å²) in [6, 6.07) is 8.41. The van der Waals surface area contributed by atoms with Crippen LogP contribution in [0, 0.1) is 5.92 Å². The van der Waals surface area contributed by atoms with Crippen molar-refractivity contribution in [3.63, 3.8) is 0 Å². The average molecular weight is 250 g/mol. The van der Waals surface area contributed by atoms with Crippen LogP contribution < -0.4 is 10.6 Å². The zero-order valence-electron chi connectivity index (χ0n) is 11.1. The lowest BCUT2D eigenvalue weighted by Crippen LogP contribution is -2.31. The van der Waals surface area contributed by atoms with Gasteiger partial charge in [0.2, 0.25) is 0 Å². The molecule has 0 spiro atoms. The highest BCUT2D eigenvalue weighted by Gasteiger charge is 2.01. The van der Waals surface area contributed by atoms with Gasteiger partial charge in [0.1, 0.15) is 0 Å². The Labute approximate surface area is 110 Å². The van der Waals surface area contributed by atoms with E-state index in [2.05, 4.69) is 62.6 Å². The average Bonchev–Trinajstić information content (AvgIpc) is 2.27. The van der Waals surface area contributed by atoms with Gasteiger partial charge in [0.15, 0.2) is 5.11 Å². The Bertz CT molecular complexity index is 355. The highest BCUT2D eigenvalue weighted by molar-refractivity contribution is 7.80. The van der Waals surface area contributed by atoms with Crippen molar-refractivity contribution in [2.45, 2.75) is 33.6 Å². The number of rotatable bonds is 4. The molecule has 0 aliphatic heterocycles. The van der Waals surface area contributed by atoms with Crippen LogP contribution in [0.1, 0.15) is 39.2 Å². The second kappa shape index (κ2) is 6.60.